The summed E-state index contributed by atoms with van der Waals surface area (Å²) in [7, 11) is 4.37. The first-order valence-corrected chi connectivity index (χ1v) is 8.38. The summed E-state index contributed by atoms with van der Waals surface area (Å²) in [5.41, 5.74) is 1.56. The molecule has 2 nitrogen and oxygen atoms in total. The third-order valence-electron chi connectivity index (χ3n) is 4.48. The second kappa shape index (κ2) is 8.16. The molecule has 0 heterocycles. The smallest absolute Gasteiger partial charge is 0.0328 e. The van der Waals surface area contributed by atoms with Crippen LogP contribution < -0.4 is 5.32 Å². The molecule has 114 valence electrons. The van der Waals surface area contributed by atoms with Gasteiger partial charge in [-0.05, 0) is 64.5 Å². The molecular weight excluding hydrogens is 312 g/mol. The van der Waals surface area contributed by atoms with E-state index >= 15 is 0 Å². The lowest BCUT2D eigenvalue weighted by molar-refractivity contribution is 0.112. The molecule has 1 N–H and O–H groups in total. The Kier molecular flexibility index (Phi) is 7.21. The van der Waals surface area contributed by atoms with E-state index < -0.39 is 0 Å². The van der Waals surface area contributed by atoms with E-state index in [9.17, 15) is 0 Å². The highest BCUT2D eigenvalue weighted by Crippen LogP contribution is 2.24. The van der Waals surface area contributed by atoms with Gasteiger partial charge in [-0.15, -0.1) is 0 Å². The molecule has 2 unspecified atom stereocenters. The van der Waals surface area contributed by atoms with E-state index in [1.807, 2.05) is 0 Å². The van der Waals surface area contributed by atoms with Crippen LogP contribution in [0.2, 0.25) is 0 Å². The van der Waals surface area contributed by atoms with Crippen LogP contribution in [-0.2, 0) is 6.42 Å². The van der Waals surface area contributed by atoms with Crippen LogP contribution in [0, 0.1) is 0 Å². The Morgan fingerprint density at radius 1 is 1.20 bits per heavy atom. The van der Waals surface area contributed by atoms with Gasteiger partial charge in [0.2, 0.25) is 0 Å². The second-order valence-electron chi connectivity index (χ2n) is 5.94. The Bertz CT molecular complexity index is 388. The van der Waals surface area contributed by atoms with Gasteiger partial charge in [0.15, 0.2) is 0 Å². The van der Waals surface area contributed by atoms with E-state index in [4.69, 9.17) is 0 Å². The molecule has 0 saturated carbocycles. The van der Waals surface area contributed by atoms with Gasteiger partial charge in [0, 0.05) is 16.1 Å². The fraction of sp³-hybridized carbons (Fsp3) is 0.647. The lowest BCUT2D eigenvalue weighted by Crippen LogP contribution is -2.57. The van der Waals surface area contributed by atoms with Crippen molar-refractivity contribution in [3.05, 3.63) is 34.3 Å². The summed E-state index contributed by atoms with van der Waals surface area (Å²) in [6, 6.07) is 9.16. The van der Waals surface area contributed by atoms with Crippen molar-refractivity contribution >= 4 is 15.9 Å². The van der Waals surface area contributed by atoms with Crippen molar-refractivity contribution in [2.45, 2.75) is 51.6 Å². The minimum Gasteiger partial charge on any atom is -0.312 e. The maximum absolute atomic E-state index is 3.75. The molecule has 0 aliphatic rings. The lowest BCUT2D eigenvalue weighted by atomic mass is 9.84. The SMILES string of the molecule is CCCNC(Cc1ccc(Br)cc1)C(C)(CC)N(C)C. The number of halogens is 1. The molecular formula is C17H29BrN2. The lowest BCUT2D eigenvalue weighted by Gasteiger charge is -2.43. The topological polar surface area (TPSA) is 15.3 Å². The zero-order chi connectivity index (χ0) is 15.2. The van der Waals surface area contributed by atoms with Gasteiger partial charge in [-0.25, -0.2) is 0 Å². The molecule has 0 amide bonds. The van der Waals surface area contributed by atoms with Crippen molar-refractivity contribution in [1.29, 1.82) is 0 Å². The number of likely N-dealkylation sites (N-methyl/N-ethyl adjacent to an activating group) is 1. The van der Waals surface area contributed by atoms with Gasteiger partial charge in [-0.3, -0.25) is 0 Å². The van der Waals surface area contributed by atoms with Gasteiger partial charge < -0.3 is 10.2 Å². The van der Waals surface area contributed by atoms with Crippen LogP contribution in [-0.4, -0.2) is 37.1 Å². The van der Waals surface area contributed by atoms with Crippen LogP contribution in [0.1, 0.15) is 39.2 Å². The van der Waals surface area contributed by atoms with E-state index in [1.165, 1.54) is 12.0 Å². The Balaban J connectivity index is 2.90. The summed E-state index contributed by atoms with van der Waals surface area (Å²) in [5, 5.41) is 3.75. The zero-order valence-electron chi connectivity index (χ0n) is 13.5. The van der Waals surface area contributed by atoms with Crippen molar-refractivity contribution < 1.29 is 0 Å². The minimum atomic E-state index is 0.169. The molecule has 0 radical (unpaired) electrons. The summed E-state index contributed by atoms with van der Waals surface area (Å²) in [4.78, 5) is 2.36. The fourth-order valence-electron chi connectivity index (χ4n) is 2.56. The average Bonchev–Trinajstić information content (AvgIpc) is 2.44. The second-order valence-corrected chi connectivity index (χ2v) is 6.86. The van der Waals surface area contributed by atoms with E-state index in [2.05, 4.69) is 85.3 Å². The molecule has 3 heteroatoms. The molecule has 1 aromatic rings. The monoisotopic (exact) mass is 340 g/mol. The third kappa shape index (κ3) is 4.57. The van der Waals surface area contributed by atoms with E-state index in [0.29, 0.717) is 6.04 Å². The highest BCUT2D eigenvalue weighted by atomic mass is 79.9. The number of hydrogen-bond acceptors (Lipinski definition) is 2. The highest BCUT2D eigenvalue weighted by molar-refractivity contribution is 9.10. The third-order valence-corrected chi connectivity index (χ3v) is 5.01. The van der Waals surface area contributed by atoms with Crippen LogP contribution in [0.5, 0.6) is 0 Å². The molecule has 0 saturated heterocycles. The largest absolute Gasteiger partial charge is 0.312 e. The van der Waals surface area contributed by atoms with E-state index in [0.717, 1.165) is 23.9 Å². The average molecular weight is 341 g/mol. The summed E-state index contributed by atoms with van der Waals surface area (Å²) in [6.45, 7) is 7.94. The van der Waals surface area contributed by atoms with Crippen LogP contribution in [0.3, 0.4) is 0 Å². The number of rotatable bonds is 8. The van der Waals surface area contributed by atoms with Gasteiger partial charge in [-0.2, -0.15) is 0 Å². The molecule has 1 rings (SSSR count). The standard InChI is InChI=1S/C17H29BrN2/c1-6-12-19-16(17(3,7-2)20(4)5)13-14-8-10-15(18)11-9-14/h8-11,16,19H,6-7,12-13H2,1-5H3. The Morgan fingerprint density at radius 3 is 2.25 bits per heavy atom. The molecule has 0 aliphatic heterocycles. The van der Waals surface area contributed by atoms with Gasteiger partial charge in [0.25, 0.3) is 0 Å². The van der Waals surface area contributed by atoms with Gasteiger partial charge >= 0.3 is 0 Å². The number of hydrogen-bond donors (Lipinski definition) is 1. The molecule has 20 heavy (non-hydrogen) atoms. The first-order valence-electron chi connectivity index (χ1n) is 7.59. The minimum absolute atomic E-state index is 0.169. The Labute approximate surface area is 133 Å². The highest BCUT2D eigenvalue weighted by Gasteiger charge is 2.34. The molecule has 0 bridgehead atoms. The Hall–Kier alpha value is -0.380. The van der Waals surface area contributed by atoms with Crippen LogP contribution in [0.15, 0.2) is 28.7 Å². The fourth-order valence-corrected chi connectivity index (χ4v) is 2.83. The summed E-state index contributed by atoms with van der Waals surface area (Å²) >= 11 is 3.51. The van der Waals surface area contributed by atoms with Gasteiger partial charge in [-0.1, -0.05) is 41.9 Å². The van der Waals surface area contributed by atoms with Crippen molar-refractivity contribution in [2.75, 3.05) is 20.6 Å². The molecule has 0 aromatic heterocycles. The number of nitrogens with zero attached hydrogens (tertiary/aromatic N) is 1. The normalized spacial score (nSPS) is 16.1. The number of nitrogens with one attached hydrogen (secondary N) is 1. The predicted octanol–water partition coefficient (Wildman–Crippen LogP) is 4.09. The molecule has 2 atom stereocenters. The quantitative estimate of drug-likeness (QED) is 0.766. The van der Waals surface area contributed by atoms with E-state index in [-0.39, 0.29) is 5.54 Å². The molecule has 0 fully saturated rings. The van der Waals surface area contributed by atoms with Crippen LogP contribution in [0.4, 0.5) is 0 Å². The van der Waals surface area contributed by atoms with Crippen molar-refractivity contribution in [2.24, 2.45) is 0 Å². The maximum Gasteiger partial charge on any atom is 0.0328 e. The molecule has 0 aliphatic carbocycles. The van der Waals surface area contributed by atoms with Gasteiger partial charge in [0.1, 0.15) is 0 Å². The van der Waals surface area contributed by atoms with Crippen molar-refractivity contribution in [1.82, 2.24) is 10.2 Å². The van der Waals surface area contributed by atoms with Crippen LogP contribution >= 0.6 is 15.9 Å². The molecule has 0 spiro atoms. The zero-order valence-corrected chi connectivity index (χ0v) is 15.1. The van der Waals surface area contributed by atoms with E-state index in [1.54, 1.807) is 0 Å². The first kappa shape index (κ1) is 17.7. The Morgan fingerprint density at radius 2 is 1.80 bits per heavy atom. The van der Waals surface area contributed by atoms with Crippen molar-refractivity contribution in [3.8, 4) is 0 Å². The van der Waals surface area contributed by atoms with Gasteiger partial charge in [0.05, 0.1) is 0 Å². The summed E-state index contributed by atoms with van der Waals surface area (Å²) < 4.78 is 1.14. The van der Waals surface area contributed by atoms with Crippen LogP contribution in [0.25, 0.3) is 0 Å². The predicted molar refractivity (Wildman–Crippen MR) is 92.3 cm³/mol. The maximum atomic E-state index is 3.75. The van der Waals surface area contributed by atoms with Crippen molar-refractivity contribution in [3.63, 3.8) is 0 Å². The summed E-state index contributed by atoms with van der Waals surface area (Å²) in [6.07, 6.45) is 3.37. The number of benzene rings is 1. The first-order chi connectivity index (χ1) is 9.43. The summed E-state index contributed by atoms with van der Waals surface area (Å²) in [5.74, 6) is 0. The molecule has 1 aromatic carbocycles.